The van der Waals surface area contributed by atoms with Gasteiger partial charge in [0.25, 0.3) is 5.56 Å². The Kier molecular flexibility index (Phi) is 6.70. The molecular formula is C27H32FN7O3. The number of hydrogen-bond donors (Lipinski definition) is 4. The zero-order valence-electron chi connectivity index (χ0n) is 21.7. The number of rotatable bonds is 5. The molecule has 0 bridgehead atoms. The molecule has 1 aliphatic rings. The van der Waals surface area contributed by atoms with Gasteiger partial charge in [0.2, 0.25) is 0 Å². The molecule has 0 saturated carbocycles. The molecule has 0 aliphatic carbocycles. The van der Waals surface area contributed by atoms with E-state index >= 15 is 0 Å². The number of pyridine rings is 1. The lowest BCUT2D eigenvalue weighted by Crippen LogP contribution is -2.48. The molecule has 5 N–H and O–H groups in total. The first-order chi connectivity index (χ1) is 18.1. The van der Waals surface area contributed by atoms with Crippen molar-refractivity contribution in [2.75, 3.05) is 49.9 Å². The second-order valence-corrected chi connectivity index (χ2v) is 10.4. The number of aromatic nitrogens is 3. The number of halogens is 1. The van der Waals surface area contributed by atoms with E-state index in [1.807, 2.05) is 39.0 Å². The number of alkyl carbamates (subject to hydrolysis) is 1. The molecule has 3 heterocycles. The number of carbonyl (C=O) groups excluding carboxylic acids is 1. The van der Waals surface area contributed by atoms with Gasteiger partial charge in [-0.2, -0.15) is 0 Å². The minimum absolute atomic E-state index is 0.0541. The van der Waals surface area contributed by atoms with Crippen LogP contribution in [0.25, 0.3) is 33.3 Å². The first kappa shape index (κ1) is 25.5. The Morgan fingerprint density at radius 2 is 1.89 bits per heavy atom. The molecule has 0 spiro atoms. The summed E-state index contributed by atoms with van der Waals surface area (Å²) in [6.07, 6.45) is -0.402. The molecule has 200 valence electrons. The number of imidazole rings is 1. The van der Waals surface area contributed by atoms with Crippen LogP contribution in [-0.4, -0.2) is 70.8 Å². The van der Waals surface area contributed by atoms with Gasteiger partial charge in [-0.3, -0.25) is 9.69 Å². The van der Waals surface area contributed by atoms with Crippen molar-refractivity contribution in [1.29, 1.82) is 0 Å². The molecular weight excluding hydrogens is 489 g/mol. The van der Waals surface area contributed by atoms with Crippen LogP contribution in [0.1, 0.15) is 20.8 Å². The maximum absolute atomic E-state index is 14.5. The maximum Gasteiger partial charge on any atom is 0.407 e. The lowest BCUT2D eigenvalue weighted by molar-refractivity contribution is 0.0521. The number of nitrogens with two attached hydrogens (primary N) is 1. The number of H-pyrrole nitrogens is 2. The largest absolute Gasteiger partial charge is 0.444 e. The third-order valence-electron chi connectivity index (χ3n) is 6.56. The van der Waals surface area contributed by atoms with E-state index in [0.717, 1.165) is 43.9 Å². The van der Waals surface area contributed by atoms with Crippen LogP contribution >= 0.6 is 0 Å². The smallest absolute Gasteiger partial charge is 0.407 e. The van der Waals surface area contributed by atoms with Crippen molar-refractivity contribution in [2.24, 2.45) is 0 Å². The quantitative estimate of drug-likeness (QED) is 0.316. The Hall–Kier alpha value is -4.12. The summed E-state index contributed by atoms with van der Waals surface area (Å²) in [6.45, 7) is 10.2. The molecule has 38 heavy (non-hydrogen) atoms. The predicted molar refractivity (Wildman–Crippen MR) is 147 cm³/mol. The first-order valence-electron chi connectivity index (χ1n) is 12.6. The van der Waals surface area contributed by atoms with E-state index in [-0.39, 0.29) is 16.6 Å². The van der Waals surface area contributed by atoms with E-state index in [9.17, 15) is 14.0 Å². The fourth-order valence-electron chi connectivity index (χ4n) is 4.74. The lowest BCUT2D eigenvalue weighted by Gasteiger charge is -2.36. The first-order valence-corrected chi connectivity index (χ1v) is 12.6. The molecule has 0 atom stereocenters. The Labute approximate surface area is 219 Å². The van der Waals surface area contributed by atoms with E-state index in [1.54, 1.807) is 6.07 Å². The summed E-state index contributed by atoms with van der Waals surface area (Å²) in [5.41, 5.74) is 8.28. The molecule has 5 rings (SSSR count). The number of benzene rings is 2. The summed E-state index contributed by atoms with van der Waals surface area (Å²) in [7, 11) is 0. The third-order valence-corrected chi connectivity index (χ3v) is 6.56. The summed E-state index contributed by atoms with van der Waals surface area (Å²) in [4.78, 5) is 39.7. The van der Waals surface area contributed by atoms with Gasteiger partial charge in [0.15, 0.2) is 0 Å². The third kappa shape index (κ3) is 5.28. The molecule has 11 heteroatoms. The topological polar surface area (TPSA) is 132 Å². The SMILES string of the molecule is CC(C)(C)OC(=O)NCCN1CCN(c2ccc3[nH]c(-c4c(N)c5c(F)cccc5[nH]c4=O)nc3c2)CC1. The number of nitrogen functional groups attached to an aromatic ring is 1. The van der Waals surface area contributed by atoms with Crippen LogP contribution in [0.3, 0.4) is 0 Å². The minimum Gasteiger partial charge on any atom is -0.444 e. The maximum atomic E-state index is 14.5. The van der Waals surface area contributed by atoms with Crippen LogP contribution in [-0.2, 0) is 4.74 Å². The monoisotopic (exact) mass is 521 g/mol. The fraction of sp³-hybridized carbons (Fsp3) is 0.370. The second kappa shape index (κ2) is 9.97. The number of carbonyl (C=O) groups is 1. The molecule has 1 aliphatic heterocycles. The van der Waals surface area contributed by atoms with Crippen molar-refractivity contribution in [3.63, 3.8) is 0 Å². The highest BCUT2D eigenvalue weighted by molar-refractivity contribution is 5.98. The number of aromatic amines is 2. The summed E-state index contributed by atoms with van der Waals surface area (Å²) >= 11 is 0. The van der Waals surface area contributed by atoms with E-state index in [0.29, 0.717) is 23.4 Å². The Balaban J connectivity index is 1.27. The van der Waals surface area contributed by atoms with E-state index < -0.39 is 23.1 Å². The van der Waals surface area contributed by atoms with Crippen LogP contribution in [0.2, 0.25) is 0 Å². The number of piperazine rings is 1. The number of nitrogens with one attached hydrogen (secondary N) is 3. The Morgan fingerprint density at radius 1 is 1.13 bits per heavy atom. The standard InChI is InChI=1S/C27H32FN7O3/c1-27(2,3)38-26(37)30-9-10-34-11-13-35(14-12-34)16-7-8-18-20(15-16)32-24(31-18)22-23(29)21-17(28)5-4-6-19(21)33-25(22)36/h4-8,15H,9-14H2,1-3H3,(H,30,37)(H,31,32)(H3,29,33,36). The van der Waals surface area contributed by atoms with Crippen molar-refractivity contribution >= 4 is 39.4 Å². The highest BCUT2D eigenvalue weighted by Gasteiger charge is 2.21. The molecule has 0 unspecified atom stereocenters. The van der Waals surface area contributed by atoms with Crippen LogP contribution in [0.4, 0.5) is 20.6 Å². The average Bonchev–Trinajstić information content (AvgIpc) is 3.26. The van der Waals surface area contributed by atoms with E-state index in [4.69, 9.17) is 10.5 Å². The van der Waals surface area contributed by atoms with Gasteiger partial charge in [-0.05, 0) is 51.1 Å². The zero-order chi connectivity index (χ0) is 27.0. The molecule has 4 aromatic rings. The lowest BCUT2D eigenvalue weighted by atomic mass is 10.1. The molecule has 1 saturated heterocycles. The molecule has 0 radical (unpaired) electrons. The van der Waals surface area contributed by atoms with Gasteiger partial charge in [0, 0.05) is 45.0 Å². The molecule has 1 fully saturated rings. The minimum atomic E-state index is -0.512. The predicted octanol–water partition coefficient (Wildman–Crippen LogP) is 3.44. The van der Waals surface area contributed by atoms with E-state index in [2.05, 4.69) is 30.1 Å². The van der Waals surface area contributed by atoms with Crippen molar-refractivity contribution in [3.8, 4) is 11.4 Å². The van der Waals surface area contributed by atoms with Gasteiger partial charge in [0.1, 0.15) is 22.8 Å². The van der Waals surface area contributed by atoms with Crippen LogP contribution in [0, 0.1) is 5.82 Å². The van der Waals surface area contributed by atoms with Crippen LogP contribution in [0.15, 0.2) is 41.2 Å². The average molecular weight is 522 g/mol. The van der Waals surface area contributed by atoms with Gasteiger partial charge in [-0.1, -0.05) is 6.07 Å². The summed E-state index contributed by atoms with van der Waals surface area (Å²) in [6, 6.07) is 10.4. The van der Waals surface area contributed by atoms with Crippen LogP contribution in [0.5, 0.6) is 0 Å². The van der Waals surface area contributed by atoms with Crippen molar-refractivity contribution in [1.82, 2.24) is 25.2 Å². The molecule has 2 aromatic carbocycles. The molecule has 2 aromatic heterocycles. The van der Waals surface area contributed by atoms with Gasteiger partial charge >= 0.3 is 6.09 Å². The van der Waals surface area contributed by atoms with Gasteiger partial charge in [-0.25, -0.2) is 14.2 Å². The van der Waals surface area contributed by atoms with Crippen molar-refractivity contribution in [2.45, 2.75) is 26.4 Å². The number of ether oxygens (including phenoxy) is 1. The Morgan fingerprint density at radius 3 is 2.63 bits per heavy atom. The number of hydrogen-bond acceptors (Lipinski definition) is 7. The van der Waals surface area contributed by atoms with Crippen molar-refractivity contribution < 1.29 is 13.9 Å². The fourth-order valence-corrected chi connectivity index (χ4v) is 4.74. The highest BCUT2D eigenvalue weighted by Crippen LogP contribution is 2.31. The zero-order valence-corrected chi connectivity index (χ0v) is 21.7. The van der Waals surface area contributed by atoms with Gasteiger partial charge in [-0.15, -0.1) is 0 Å². The van der Waals surface area contributed by atoms with Gasteiger partial charge in [0.05, 0.1) is 27.6 Å². The highest BCUT2D eigenvalue weighted by atomic mass is 19.1. The molecule has 10 nitrogen and oxygen atoms in total. The van der Waals surface area contributed by atoms with Gasteiger partial charge < -0.3 is 30.7 Å². The van der Waals surface area contributed by atoms with Crippen molar-refractivity contribution in [3.05, 3.63) is 52.6 Å². The molecule has 1 amide bonds. The van der Waals surface area contributed by atoms with Crippen LogP contribution < -0.4 is 21.5 Å². The number of amides is 1. The normalized spacial score (nSPS) is 14.8. The number of fused-ring (bicyclic) bond motifs is 2. The number of nitrogens with zero attached hydrogens (tertiary/aromatic N) is 3. The summed E-state index contributed by atoms with van der Waals surface area (Å²) in [5, 5.41) is 2.97. The second-order valence-electron chi connectivity index (χ2n) is 10.4. The summed E-state index contributed by atoms with van der Waals surface area (Å²) in [5.74, 6) is -0.209. The van der Waals surface area contributed by atoms with E-state index in [1.165, 1.54) is 12.1 Å². The number of anilines is 2. The summed E-state index contributed by atoms with van der Waals surface area (Å²) < 4.78 is 19.7. The Bertz CT molecular complexity index is 1550.